The third-order valence-corrected chi connectivity index (χ3v) is 3.10. The number of aliphatic carboxylic acids is 1. The fourth-order valence-electron chi connectivity index (χ4n) is 1.19. The minimum absolute atomic E-state index is 0.0567. The van der Waals surface area contributed by atoms with Gasteiger partial charge in [0.05, 0.1) is 0 Å². The molecule has 0 rings (SSSR count). The SMILES string of the molecule is CC(=O)NCCCCCCSC(=O)C(F)C(=O)O. The zero-order valence-electron chi connectivity index (χ0n) is 10.3. The maximum atomic E-state index is 12.7. The van der Waals surface area contributed by atoms with Crippen molar-refractivity contribution in [1.82, 2.24) is 5.32 Å². The molecule has 0 aliphatic rings. The Hall–Kier alpha value is -1.11. The normalized spacial score (nSPS) is 11.9. The van der Waals surface area contributed by atoms with E-state index in [0.29, 0.717) is 12.3 Å². The van der Waals surface area contributed by atoms with Crippen LogP contribution in [0.1, 0.15) is 32.6 Å². The molecule has 0 spiro atoms. The van der Waals surface area contributed by atoms with E-state index in [1.165, 1.54) is 6.92 Å². The summed E-state index contributed by atoms with van der Waals surface area (Å²) in [4.78, 5) is 31.7. The number of hydrogen-bond acceptors (Lipinski definition) is 4. The molecule has 0 aliphatic heterocycles. The zero-order chi connectivity index (χ0) is 14.0. The number of alkyl halides is 1. The lowest BCUT2D eigenvalue weighted by atomic mass is 10.2. The van der Waals surface area contributed by atoms with E-state index in [1.54, 1.807) is 0 Å². The summed E-state index contributed by atoms with van der Waals surface area (Å²) in [6, 6.07) is 0. The van der Waals surface area contributed by atoms with Crippen LogP contribution in [0.4, 0.5) is 4.39 Å². The number of thioether (sulfide) groups is 1. The molecule has 2 N–H and O–H groups in total. The molecule has 0 aromatic rings. The molecule has 104 valence electrons. The van der Waals surface area contributed by atoms with Crippen LogP contribution in [-0.2, 0) is 14.4 Å². The molecule has 0 fully saturated rings. The van der Waals surface area contributed by atoms with Gasteiger partial charge in [-0.25, -0.2) is 9.18 Å². The van der Waals surface area contributed by atoms with E-state index in [2.05, 4.69) is 5.32 Å². The van der Waals surface area contributed by atoms with Crippen molar-refractivity contribution in [2.45, 2.75) is 38.8 Å². The van der Waals surface area contributed by atoms with Crippen molar-refractivity contribution in [3.63, 3.8) is 0 Å². The molecule has 0 aromatic carbocycles. The molecule has 0 bridgehead atoms. The van der Waals surface area contributed by atoms with Gasteiger partial charge in [-0.1, -0.05) is 24.6 Å². The van der Waals surface area contributed by atoms with Gasteiger partial charge in [-0.2, -0.15) is 0 Å². The Morgan fingerprint density at radius 3 is 2.39 bits per heavy atom. The molecule has 7 heteroatoms. The summed E-state index contributed by atoms with van der Waals surface area (Å²) in [7, 11) is 0. The highest BCUT2D eigenvalue weighted by molar-refractivity contribution is 8.13. The number of nitrogens with one attached hydrogen (secondary N) is 1. The molecule has 1 amide bonds. The zero-order valence-corrected chi connectivity index (χ0v) is 11.1. The number of unbranched alkanes of at least 4 members (excludes halogenated alkanes) is 3. The number of rotatable bonds is 9. The summed E-state index contributed by atoms with van der Waals surface area (Å²) in [6.45, 7) is 2.09. The summed E-state index contributed by atoms with van der Waals surface area (Å²) in [6.07, 6.45) is 0.938. The number of carbonyl (C=O) groups excluding carboxylic acids is 2. The number of hydrogen-bond donors (Lipinski definition) is 2. The quantitative estimate of drug-likeness (QED) is 0.492. The molecule has 0 heterocycles. The first kappa shape index (κ1) is 16.9. The smallest absolute Gasteiger partial charge is 0.347 e. The van der Waals surface area contributed by atoms with Crippen molar-refractivity contribution in [3.8, 4) is 0 Å². The van der Waals surface area contributed by atoms with Crippen molar-refractivity contribution in [2.24, 2.45) is 0 Å². The Balaban J connectivity index is 3.38. The van der Waals surface area contributed by atoms with E-state index < -0.39 is 17.3 Å². The summed E-state index contributed by atoms with van der Waals surface area (Å²) in [5.41, 5.74) is 0. The van der Waals surface area contributed by atoms with Crippen LogP contribution in [0.25, 0.3) is 0 Å². The molecule has 0 aromatic heterocycles. The first-order chi connectivity index (χ1) is 8.45. The minimum atomic E-state index is -2.42. The maximum Gasteiger partial charge on any atom is 0.347 e. The molecular weight excluding hydrogens is 261 g/mol. The van der Waals surface area contributed by atoms with Crippen LogP contribution in [0, 0.1) is 0 Å². The van der Waals surface area contributed by atoms with Gasteiger partial charge in [-0.05, 0) is 12.8 Å². The number of halogens is 1. The van der Waals surface area contributed by atoms with E-state index in [-0.39, 0.29) is 5.91 Å². The average Bonchev–Trinajstić information content (AvgIpc) is 2.30. The van der Waals surface area contributed by atoms with Crippen LogP contribution in [0.15, 0.2) is 0 Å². The number of carboxylic acids is 1. The highest BCUT2D eigenvalue weighted by atomic mass is 32.2. The van der Waals surface area contributed by atoms with Crippen molar-refractivity contribution in [2.75, 3.05) is 12.3 Å². The Bertz CT molecular complexity index is 299. The fourth-order valence-corrected chi connectivity index (χ4v) is 1.99. The molecule has 1 atom stereocenters. The molecule has 0 saturated heterocycles. The van der Waals surface area contributed by atoms with E-state index in [1.807, 2.05) is 0 Å². The predicted octanol–water partition coefficient (Wildman–Crippen LogP) is 1.37. The van der Waals surface area contributed by atoms with E-state index >= 15 is 0 Å². The van der Waals surface area contributed by atoms with E-state index in [9.17, 15) is 18.8 Å². The Kier molecular flexibility index (Phi) is 9.26. The van der Waals surface area contributed by atoms with Gasteiger partial charge >= 0.3 is 5.97 Å². The van der Waals surface area contributed by atoms with Crippen LogP contribution in [-0.4, -0.2) is 40.6 Å². The highest BCUT2D eigenvalue weighted by Crippen LogP contribution is 2.12. The first-order valence-electron chi connectivity index (χ1n) is 5.73. The largest absolute Gasteiger partial charge is 0.479 e. The second-order valence-electron chi connectivity index (χ2n) is 3.77. The van der Waals surface area contributed by atoms with Crippen LogP contribution in [0.3, 0.4) is 0 Å². The monoisotopic (exact) mass is 279 g/mol. The van der Waals surface area contributed by atoms with Gasteiger partial charge in [0.15, 0.2) is 0 Å². The molecule has 0 radical (unpaired) electrons. The van der Waals surface area contributed by atoms with Gasteiger partial charge in [0.1, 0.15) is 0 Å². The third kappa shape index (κ3) is 8.98. The van der Waals surface area contributed by atoms with Gasteiger partial charge in [0.2, 0.25) is 11.0 Å². The molecule has 5 nitrogen and oxygen atoms in total. The first-order valence-corrected chi connectivity index (χ1v) is 6.71. The number of carboxylic acid groups (broad SMARTS) is 1. The van der Waals surface area contributed by atoms with Crippen LogP contribution in [0.2, 0.25) is 0 Å². The van der Waals surface area contributed by atoms with E-state index in [0.717, 1.165) is 37.4 Å². The predicted molar refractivity (Wildman–Crippen MR) is 67.1 cm³/mol. The average molecular weight is 279 g/mol. The van der Waals surface area contributed by atoms with Crippen LogP contribution < -0.4 is 5.32 Å². The summed E-state index contributed by atoms with van der Waals surface area (Å²) in [5.74, 6) is -1.37. The summed E-state index contributed by atoms with van der Waals surface area (Å²) in [5, 5.41) is 9.98. The molecular formula is C11H18FNO4S. The van der Waals surface area contributed by atoms with Crippen LogP contribution >= 0.6 is 11.8 Å². The van der Waals surface area contributed by atoms with Gasteiger partial charge < -0.3 is 10.4 Å². The topological polar surface area (TPSA) is 83.5 Å². The van der Waals surface area contributed by atoms with Crippen molar-refractivity contribution in [3.05, 3.63) is 0 Å². The van der Waals surface area contributed by atoms with Gasteiger partial charge in [0.25, 0.3) is 6.17 Å². The highest BCUT2D eigenvalue weighted by Gasteiger charge is 2.25. The second kappa shape index (κ2) is 9.87. The molecule has 1 unspecified atom stereocenters. The number of amides is 1. The Labute approximate surface area is 110 Å². The third-order valence-electron chi connectivity index (χ3n) is 2.11. The van der Waals surface area contributed by atoms with Crippen molar-refractivity contribution >= 4 is 28.8 Å². The summed E-state index contributed by atoms with van der Waals surface area (Å²) >= 11 is 0.717. The van der Waals surface area contributed by atoms with Crippen molar-refractivity contribution in [1.29, 1.82) is 0 Å². The minimum Gasteiger partial charge on any atom is -0.479 e. The van der Waals surface area contributed by atoms with Gasteiger partial charge in [-0.3, -0.25) is 9.59 Å². The van der Waals surface area contributed by atoms with Crippen LogP contribution in [0.5, 0.6) is 0 Å². The standard InChI is InChI=1S/C11H18FNO4S/c1-8(14)13-6-4-2-3-5-7-18-11(17)9(12)10(15)16/h9H,2-7H2,1H3,(H,13,14)(H,15,16). The lowest BCUT2D eigenvalue weighted by molar-refractivity contribution is -0.145. The Morgan fingerprint density at radius 1 is 1.22 bits per heavy atom. The van der Waals surface area contributed by atoms with Crippen molar-refractivity contribution < 1.29 is 23.9 Å². The van der Waals surface area contributed by atoms with Gasteiger partial charge in [0, 0.05) is 19.2 Å². The maximum absolute atomic E-state index is 12.7. The Morgan fingerprint density at radius 2 is 1.83 bits per heavy atom. The number of carbonyl (C=O) groups is 3. The lowest BCUT2D eigenvalue weighted by Gasteiger charge is -2.03. The molecule has 0 aliphatic carbocycles. The summed E-state index contributed by atoms with van der Waals surface area (Å²) < 4.78 is 12.7. The second-order valence-corrected chi connectivity index (χ2v) is 4.86. The lowest BCUT2D eigenvalue weighted by Crippen LogP contribution is -2.22. The van der Waals surface area contributed by atoms with E-state index in [4.69, 9.17) is 5.11 Å². The molecule has 18 heavy (non-hydrogen) atoms. The fraction of sp³-hybridized carbons (Fsp3) is 0.727. The van der Waals surface area contributed by atoms with Gasteiger partial charge in [-0.15, -0.1) is 0 Å². The molecule has 0 saturated carbocycles.